The standard InChI is InChI=1S/C25H21F2N3O3/c26-16-10-8-15(9-11-16)19-13-29-23(22(19)27)17-5-1-2-6-18(17)25(33)30-21(14-31)24(32)20-7-3-4-12-28-20/h1-12,21,24,31-32H,13-14H2,(H,30,33)/t21-,24?/m0/s1. The van der Waals surface area contributed by atoms with Crippen LogP contribution in [0.15, 0.2) is 83.7 Å². The van der Waals surface area contributed by atoms with Gasteiger partial charge in [0.1, 0.15) is 17.6 Å². The van der Waals surface area contributed by atoms with Crippen molar-refractivity contribution in [2.45, 2.75) is 12.1 Å². The third-order valence-corrected chi connectivity index (χ3v) is 5.37. The lowest BCUT2D eigenvalue weighted by Gasteiger charge is -2.22. The lowest BCUT2D eigenvalue weighted by molar-refractivity contribution is 0.0688. The number of nitrogens with one attached hydrogen (secondary N) is 1. The zero-order chi connectivity index (χ0) is 23.4. The number of hydrogen-bond acceptors (Lipinski definition) is 5. The normalized spacial score (nSPS) is 15.2. The van der Waals surface area contributed by atoms with E-state index in [2.05, 4.69) is 15.3 Å². The maximum atomic E-state index is 15.3. The van der Waals surface area contributed by atoms with Crippen molar-refractivity contribution in [2.75, 3.05) is 13.2 Å². The van der Waals surface area contributed by atoms with Crippen LogP contribution >= 0.6 is 0 Å². The van der Waals surface area contributed by atoms with E-state index >= 15 is 4.39 Å². The molecular weight excluding hydrogens is 428 g/mol. The Morgan fingerprint density at radius 3 is 2.45 bits per heavy atom. The first-order valence-electron chi connectivity index (χ1n) is 10.3. The van der Waals surface area contributed by atoms with Crippen molar-refractivity contribution in [2.24, 2.45) is 4.99 Å². The molecule has 0 aliphatic carbocycles. The average Bonchev–Trinajstić information content (AvgIpc) is 3.24. The molecule has 8 heteroatoms. The highest BCUT2D eigenvalue weighted by Gasteiger charge is 2.28. The zero-order valence-corrected chi connectivity index (χ0v) is 17.5. The van der Waals surface area contributed by atoms with E-state index in [9.17, 15) is 19.4 Å². The summed E-state index contributed by atoms with van der Waals surface area (Å²) in [5, 5.41) is 22.9. The molecule has 6 nitrogen and oxygen atoms in total. The first-order chi connectivity index (χ1) is 16.0. The SMILES string of the molecule is O=C(N[C@@H](CO)C(O)c1ccccn1)c1ccccc1C1=NCC(c2ccc(F)cc2)=C1F. The molecular formula is C25H21F2N3O3. The van der Waals surface area contributed by atoms with Crippen molar-refractivity contribution in [1.29, 1.82) is 0 Å². The molecule has 2 aromatic carbocycles. The molecule has 33 heavy (non-hydrogen) atoms. The number of carbonyl (C=O) groups is 1. The van der Waals surface area contributed by atoms with Gasteiger partial charge in [0.05, 0.1) is 24.9 Å². The van der Waals surface area contributed by atoms with Crippen LogP contribution in [-0.4, -0.2) is 46.0 Å². The number of rotatable bonds is 7. The van der Waals surface area contributed by atoms with Gasteiger partial charge < -0.3 is 15.5 Å². The minimum Gasteiger partial charge on any atom is -0.394 e. The number of aliphatic hydroxyl groups excluding tert-OH is 2. The van der Waals surface area contributed by atoms with Crippen LogP contribution in [0.4, 0.5) is 8.78 Å². The highest BCUT2D eigenvalue weighted by molar-refractivity contribution is 6.21. The highest BCUT2D eigenvalue weighted by Crippen LogP contribution is 2.30. The van der Waals surface area contributed by atoms with E-state index < -0.39 is 36.3 Å². The van der Waals surface area contributed by atoms with Gasteiger partial charge in [0.15, 0.2) is 5.83 Å². The minimum absolute atomic E-state index is 0.0193. The molecule has 2 heterocycles. The summed E-state index contributed by atoms with van der Waals surface area (Å²) in [7, 11) is 0. The second kappa shape index (κ2) is 9.81. The molecule has 1 aliphatic rings. The van der Waals surface area contributed by atoms with Gasteiger partial charge in [0, 0.05) is 22.9 Å². The van der Waals surface area contributed by atoms with Crippen LogP contribution in [0, 0.1) is 5.82 Å². The van der Waals surface area contributed by atoms with Crippen LogP contribution in [0.2, 0.25) is 0 Å². The third-order valence-electron chi connectivity index (χ3n) is 5.37. The molecule has 0 bridgehead atoms. The number of hydrogen-bond donors (Lipinski definition) is 3. The summed E-state index contributed by atoms with van der Waals surface area (Å²) >= 11 is 0. The van der Waals surface area contributed by atoms with Crippen LogP contribution in [0.5, 0.6) is 0 Å². The summed E-state index contributed by atoms with van der Waals surface area (Å²) in [6.45, 7) is -0.476. The van der Waals surface area contributed by atoms with Gasteiger partial charge in [0.2, 0.25) is 0 Å². The summed E-state index contributed by atoms with van der Waals surface area (Å²) in [4.78, 5) is 21.4. The van der Waals surface area contributed by atoms with Gasteiger partial charge in [-0.1, -0.05) is 36.4 Å². The van der Waals surface area contributed by atoms with E-state index in [1.54, 1.807) is 36.4 Å². The summed E-state index contributed by atoms with van der Waals surface area (Å²) in [5.74, 6) is -1.62. The molecule has 1 aliphatic heterocycles. The van der Waals surface area contributed by atoms with Crippen LogP contribution in [0.25, 0.3) is 5.57 Å². The summed E-state index contributed by atoms with van der Waals surface area (Å²) in [6, 6.07) is 15.7. The Morgan fingerprint density at radius 2 is 1.76 bits per heavy atom. The molecule has 1 aromatic heterocycles. The topological polar surface area (TPSA) is 94.8 Å². The molecule has 1 unspecified atom stereocenters. The maximum Gasteiger partial charge on any atom is 0.252 e. The van der Waals surface area contributed by atoms with Gasteiger partial charge >= 0.3 is 0 Å². The zero-order valence-electron chi connectivity index (χ0n) is 17.5. The second-order valence-electron chi connectivity index (χ2n) is 7.47. The second-order valence-corrected chi connectivity index (χ2v) is 7.47. The number of benzene rings is 2. The number of allylic oxidation sites excluding steroid dienone is 1. The smallest absolute Gasteiger partial charge is 0.252 e. The monoisotopic (exact) mass is 449 g/mol. The minimum atomic E-state index is -1.24. The Bertz CT molecular complexity index is 1210. The molecule has 1 amide bonds. The van der Waals surface area contributed by atoms with Crippen molar-refractivity contribution < 1.29 is 23.8 Å². The first kappa shape index (κ1) is 22.4. The summed E-state index contributed by atoms with van der Waals surface area (Å²) < 4.78 is 28.5. The quantitative estimate of drug-likeness (QED) is 0.516. The molecule has 4 rings (SSSR count). The predicted molar refractivity (Wildman–Crippen MR) is 120 cm³/mol. The Morgan fingerprint density at radius 1 is 1.03 bits per heavy atom. The Hall–Kier alpha value is -3.75. The molecule has 3 aromatic rings. The van der Waals surface area contributed by atoms with Crippen molar-refractivity contribution in [1.82, 2.24) is 10.3 Å². The largest absolute Gasteiger partial charge is 0.394 e. The molecule has 0 radical (unpaired) electrons. The van der Waals surface area contributed by atoms with E-state index in [0.717, 1.165) is 0 Å². The van der Waals surface area contributed by atoms with E-state index in [4.69, 9.17) is 0 Å². The average molecular weight is 449 g/mol. The van der Waals surface area contributed by atoms with E-state index in [-0.39, 0.29) is 23.4 Å². The van der Waals surface area contributed by atoms with E-state index in [1.807, 2.05) is 0 Å². The molecule has 168 valence electrons. The number of nitrogens with zero attached hydrogens (tertiary/aromatic N) is 2. The van der Waals surface area contributed by atoms with Crippen molar-refractivity contribution in [3.8, 4) is 0 Å². The number of aliphatic imine (C=N–C) groups is 1. The van der Waals surface area contributed by atoms with Gasteiger partial charge in [-0.05, 0) is 35.9 Å². The van der Waals surface area contributed by atoms with Crippen LogP contribution in [-0.2, 0) is 0 Å². The number of aromatic nitrogens is 1. The molecule has 0 spiro atoms. The van der Waals surface area contributed by atoms with Gasteiger partial charge in [-0.2, -0.15) is 0 Å². The lowest BCUT2D eigenvalue weighted by atomic mass is 9.98. The van der Waals surface area contributed by atoms with Gasteiger partial charge in [-0.25, -0.2) is 8.78 Å². The van der Waals surface area contributed by atoms with Crippen LogP contribution in [0.1, 0.15) is 33.3 Å². The van der Waals surface area contributed by atoms with E-state index in [1.165, 1.54) is 36.5 Å². The van der Waals surface area contributed by atoms with E-state index in [0.29, 0.717) is 16.8 Å². The number of amides is 1. The van der Waals surface area contributed by atoms with Crippen molar-refractivity contribution >= 4 is 17.2 Å². The van der Waals surface area contributed by atoms with Crippen molar-refractivity contribution in [3.05, 3.63) is 107 Å². The molecule has 0 fully saturated rings. The fraction of sp³-hybridized carbons (Fsp3) is 0.160. The van der Waals surface area contributed by atoms with Crippen LogP contribution < -0.4 is 5.32 Å². The number of halogens is 2. The maximum absolute atomic E-state index is 15.3. The molecule has 0 saturated heterocycles. The van der Waals surface area contributed by atoms with Gasteiger partial charge in [-0.15, -0.1) is 0 Å². The molecule has 3 N–H and O–H groups in total. The number of aliphatic hydroxyl groups is 2. The lowest BCUT2D eigenvalue weighted by Crippen LogP contribution is -2.42. The summed E-state index contributed by atoms with van der Waals surface area (Å²) in [6.07, 6.45) is 0.258. The van der Waals surface area contributed by atoms with Crippen molar-refractivity contribution in [3.63, 3.8) is 0 Å². The Labute approximate surface area is 189 Å². The first-order valence-corrected chi connectivity index (χ1v) is 10.3. The molecule has 0 saturated carbocycles. The molecule has 2 atom stereocenters. The Balaban J connectivity index is 1.60. The fourth-order valence-corrected chi connectivity index (χ4v) is 3.63. The predicted octanol–water partition coefficient (Wildman–Crippen LogP) is 3.23. The number of pyridine rings is 1. The third kappa shape index (κ3) is 4.72. The number of carbonyl (C=O) groups excluding carboxylic acids is 1. The van der Waals surface area contributed by atoms with Gasteiger partial charge in [-0.3, -0.25) is 14.8 Å². The fourth-order valence-electron chi connectivity index (χ4n) is 3.63. The highest BCUT2D eigenvalue weighted by atomic mass is 19.1. The van der Waals surface area contributed by atoms with Crippen LogP contribution in [0.3, 0.4) is 0 Å². The Kier molecular flexibility index (Phi) is 6.67. The van der Waals surface area contributed by atoms with Gasteiger partial charge in [0.25, 0.3) is 5.91 Å². The summed E-state index contributed by atoms with van der Waals surface area (Å²) in [5.41, 5.74) is 1.54.